The van der Waals surface area contributed by atoms with Crippen LogP contribution in [0.2, 0.25) is 10.0 Å². The van der Waals surface area contributed by atoms with Crippen LogP contribution in [0.1, 0.15) is 21.3 Å². The first kappa shape index (κ1) is 19.5. The van der Waals surface area contributed by atoms with Gasteiger partial charge in [-0.1, -0.05) is 51.3 Å². The maximum absolute atomic E-state index is 13.2. The fourth-order valence-electron chi connectivity index (χ4n) is 2.77. The molecule has 1 aliphatic heterocycles. The molecule has 0 radical (unpaired) electrons. The highest BCUT2D eigenvalue weighted by Crippen LogP contribution is 2.43. The van der Waals surface area contributed by atoms with Crippen LogP contribution >= 0.6 is 50.9 Å². The number of thioether (sulfide) groups is 1. The number of halogens is 3. The van der Waals surface area contributed by atoms with E-state index < -0.39 is 12.0 Å². The van der Waals surface area contributed by atoms with Crippen LogP contribution in [0, 0.1) is 0 Å². The van der Waals surface area contributed by atoms with E-state index in [1.165, 1.54) is 18.9 Å². The van der Waals surface area contributed by atoms with E-state index >= 15 is 0 Å². The van der Waals surface area contributed by atoms with Gasteiger partial charge in [-0.25, -0.2) is 4.79 Å². The van der Waals surface area contributed by atoms with Gasteiger partial charge in [0.05, 0.1) is 17.2 Å². The van der Waals surface area contributed by atoms with Crippen LogP contribution in [0.25, 0.3) is 0 Å². The third-order valence-electron chi connectivity index (χ3n) is 4.01. The summed E-state index contributed by atoms with van der Waals surface area (Å²) in [5, 5.41) is 0.481. The molecule has 1 aliphatic rings. The van der Waals surface area contributed by atoms with E-state index in [2.05, 4.69) is 15.9 Å². The summed E-state index contributed by atoms with van der Waals surface area (Å²) in [4.78, 5) is 27.0. The van der Waals surface area contributed by atoms with Crippen molar-refractivity contribution in [1.82, 2.24) is 4.90 Å². The highest BCUT2D eigenvalue weighted by Gasteiger charge is 2.43. The summed E-state index contributed by atoms with van der Waals surface area (Å²) in [6.45, 7) is 0. The Hall–Kier alpha value is -1.21. The number of hydrogen-bond acceptors (Lipinski definition) is 4. The molecule has 1 saturated heterocycles. The standard InChI is InChI=1S/C18H14BrCl2NO3S/c1-25-18(24)15-9-26-17(11-5-6-13(20)14(21)8-11)22(15)16(23)10-3-2-4-12(19)7-10/h2-8,15,17H,9H2,1H3. The number of benzene rings is 2. The average Bonchev–Trinajstić information content (AvgIpc) is 3.07. The predicted molar refractivity (Wildman–Crippen MR) is 108 cm³/mol. The number of esters is 1. The number of methoxy groups -OCH3 is 1. The van der Waals surface area contributed by atoms with Gasteiger partial charge in [0.1, 0.15) is 11.4 Å². The molecule has 0 saturated carbocycles. The molecular weight excluding hydrogens is 461 g/mol. The fraction of sp³-hybridized carbons (Fsp3) is 0.222. The lowest BCUT2D eigenvalue weighted by Crippen LogP contribution is -2.43. The molecule has 0 spiro atoms. The van der Waals surface area contributed by atoms with Gasteiger partial charge in [-0.2, -0.15) is 0 Å². The van der Waals surface area contributed by atoms with Crippen molar-refractivity contribution < 1.29 is 14.3 Å². The van der Waals surface area contributed by atoms with Crippen LogP contribution < -0.4 is 0 Å². The second-order valence-electron chi connectivity index (χ2n) is 5.62. The van der Waals surface area contributed by atoms with Crippen molar-refractivity contribution in [3.8, 4) is 0 Å². The van der Waals surface area contributed by atoms with Crippen LogP contribution in [0.5, 0.6) is 0 Å². The summed E-state index contributed by atoms with van der Waals surface area (Å²) in [5.74, 6) is -0.247. The number of carbonyl (C=O) groups excluding carboxylic acids is 2. The summed E-state index contributed by atoms with van der Waals surface area (Å²) < 4.78 is 5.69. The van der Waals surface area contributed by atoms with E-state index in [0.29, 0.717) is 21.4 Å². The number of carbonyl (C=O) groups is 2. The van der Waals surface area contributed by atoms with E-state index in [-0.39, 0.29) is 11.3 Å². The van der Waals surface area contributed by atoms with Gasteiger partial charge < -0.3 is 9.64 Å². The van der Waals surface area contributed by atoms with Gasteiger partial charge in [0.2, 0.25) is 0 Å². The maximum Gasteiger partial charge on any atom is 0.329 e. The van der Waals surface area contributed by atoms with E-state index in [4.69, 9.17) is 27.9 Å². The Labute approximate surface area is 173 Å². The summed E-state index contributed by atoms with van der Waals surface area (Å²) in [6, 6.07) is 11.6. The van der Waals surface area contributed by atoms with Gasteiger partial charge in [0.15, 0.2) is 0 Å². The Kier molecular flexibility index (Phi) is 6.17. The molecule has 3 rings (SSSR count). The van der Waals surface area contributed by atoms with Gasteiger partial charge in [-0.15, -0.1) is 11.8 Å². The van der Waals surface area contributed by atoms with E-state index in [9.17, 15) is 9.59 Å². The fourth-order valence-corrected chi connectivity index (χ4v) is 4.87. The first-order valence-electron chi connectivity index (χ1n) is 7.65. The van der Waals surface area contributed by atoms with Gasteiger partial charge in [0.25, 0.3) is 5.91 Å². The lowest BCUT2D eigenvalue weighted by Gasteiger charge is -2.28. The molecule has 1 amide bonds. The van der Waals surface area contributed by atoms with Gasteiger partial charge in [-0.3, -0.25) is 4.79 Å². The van der Waals surface area contributed by atoms with E-state index in [0.717, 1.165) is 10.0 Å². The van der Waals surface area contributed by atoms with Crippen LogP contribution in [-0.4, -0.2) is 35.7 Å². The topological polar surface area (TPSA) is 46.6 Å². The van der Waals surface area contributed by atoms with E-state index in [1.807, 2.05) is 12.1 Å². The minimum Gasteiger partial charge on any atom is -0.467 e. The average molecular weight is 475 g/mol. The monoisotopic (exact) mass is 473 g/mol. The molecule has 2 aromatic carbocycles. The van der Waals surface area contributed by atoms with Crippen molar-refractivity contribution in [2.24, 2.45) is 0 Å². The number of rotatable bonds is 3. The van der Waals surface area contributed by atoms with Crippen molar-refractivity contribution in [1.29, 1.82) is 0 Å². The van der Waals surface area contributed by atoms with Gasteiger partial charge >= 0.3 is 5.97 Å². The largest absolute Gasteiger partial charge is 0.467 e. The van der Waals surface area contributed by atoms with Crippen molar-refractivity contribution in [2.75, 3.05) is 12.9 Å². The normalized spacial score (nSPS) is 19.5. The molecule has 2 aromatic rings. The predicted octanol–water partition coefficient (Wildman–Crippen LogP) is 5.19. The second kappa shape index (κ2) is 8.21. The molecular formula is C18H14BrCl2NO3S. The van der Waals surface area contributed by atoms with Crippen LogP contribution in [0.15, 0.2) is 46.9 Å². The Morgan fingerprint density at radius 2 is 1.96 bits per heavy atom. The van der Waals surface area contributed by atoms with Crippen LogP contribution in [0.3, 0.4) is 0 Å². The van der Waals surface area contributed by atoms with Crippen molar-refractivity contribution >= 4 is 62.8 Å². The van der Waals surface area contributed by atoms with Crippen LogP contribution in [0.4, 0.5) is 0 Å². The molecule has 2 atom stereocenters. The Balaban J connectivity index is 2.02. The lowest BCUT2D eigenvalue weighted by molar-refractivity contribution is -0.145. The Morgan fingerprint density at radius 1 is 1.19 bits per heavy atom. The minimum atomic E-state index is -0.670. The number of ether oxygens (including phenoxy) is 1. The molecule has 1 fully saturated rings. The third kappa shape index (κ3) is 3.88. The number of nitrogens with zero attached hydrogens (tertiary/aromatic N) is 1. The molecule has 8 heteroatoms. The molecule has 2 unspecified atom stereocenters. The SMILES string of the molecule is COC(=O)C1CSC(c2ccc(Cl)c(Cl)c2)N1C(=O)c1cccc(Br)c1. The maximum atomic E-state index is 13.2. The van der Waals surface area contributed by atoms with Crippen LogP contribution in [-0.2, 0) is 9.53 Å². The summed E-state index contributed by atoms with van der Waals surface area (Å²) >= 11 is 17.0. The molecule has 26 heavy (non-hydrogen) atoms. The molecule has 1 heterocycles. The number of hydrogen-bond donors (Lipinski definition) is 0. The molecule has 0 N–H and O–H groups in total. The summed E-state index contributed by atoms with van der Waals surface area (Å²) in [7, 11) is 1.32. The molecule has 4 nitrogen and oxygen atoms in total. The Morgan fingerprint density at radius 3 is 2.62 bits per heavy atom. The zero-order valence-corrected chi connectivity index (χ0v) is 17.5. The zero-order valence-electron chi connectivity index (χ0n) is 13.6. The number of amides is 1. The Bertz CT molecular complexity index is 864. The lowest BCUT2D eigenvalue weighted by atomic mass is 10.1. The van der Waals surface area contributed by atoms with Crippen molar-refractivity contribution in [3.05, 3.63) is 68.1 Å². The zero-order chi connectivity index (χ0) is 18.8. The quantitative estimate of drug-likeness (QED) is 0.574. The summed E-state index contributed by atoms with van der Waals surface area (Å²) in [5.41, 5.74) is 1.29. The minimum absolute atomic E-state index is 0.247. The van der Waals surface area contributed by atoms with Gasteiger partial charge in [0, 0.05) is 15.8 Å². The molecule has 136 valence electrons. The smallest absolute Gasteiger partial charge is 0.329 e. The molecule has 0 bridgehead atoms. The van der Waals surface area contributed by atoms with Crippen molar-refractivity contribution in [3.63, 3.8) is 0 Å². The highest BCUT2D eigenvalue weighted by molar-refractivity contribution is 9.10. The van der Waals surface area contributed by atoms with E-state index in [1.54, 1.807) is 35.2 Å². The van der Waals surface area contributed by atoms with Crippen molar-refractivity contribution in [2.45, 2.75) is 11.4 Å². The highest BCUT2D eigenvalue weighted by atomic mass is 79.9. The summed E-state index contributed by atoms with van der Waals surface area (Å²) in [6.07, 6.45) is 0. The van der Waals surface area contributed by atoms with Gasteiger partial charge in [-0.05, 0) is 35.9 Å². The molecule has 0 aromatic heterocycles. The first-order valence-corrected chi connectivity index (χ1v) is 10.2. The second-order valence-corrected chi connectivity index (χ2v) is 8.46. The first-order chi connectivity index (χ1) is 12.4. The molecule has 0 aliphatic carbocycles. The third-order valence-corrected chi connectivity index (χ3v) is 6.56.